The van der Waals surface area contributed by atoms with Crippen molar-refractivity contribution >= 4 is 17.7 Å². The molecule has 94 valence electrons. The monoisotopic (exact) mass is 262 g/mol. The van der Waals surface area contributed by atoms with Crippen LogP contribution in [0.3, 0.4) is 0 Å². The molecule has 18 heavy (non-hydrogen) atoms. The van der Waals surface area contributed by atoms with Crippen LogP contribution in [0.5, 0.6) is 0 Å². The molecule has 0 bridgehead atoms. The predicted molar refractivity (Wildman–Crippen MR) is 70.6 cm³/mol. The van der Waals surface area contributed by atoms with E-state index in [4.69, 9.17) is 5.11 Å². The number of aromatic nitrogens is 2. The highest BCUT2D eigenvalue weighted by Gasteiger charge is 2.02. The van der Waals surface area contributed by atoms with Gasteiger partial charge in [-0.05, 0) is 11.1 Å². The smallest absolute Gasteiger partial charge is 0.307 e. The van der Waals surface area contributed by atoms with Gasteiger partial charge in [0.2, 0.25) is 0 Å². The van der Waals surface area contributed by atoms with E-state index < -0.39 is 5.97 Å². The van der Waals surface area contributed by atoms with Gasteiger partial charge in [0, 0.05) is 23.9 Å². The topological polar surface area (TPSA) is 55.1 Å². The highest BCUT2D eigenvalue weighted by Crippen LogP contribution is 2.22. The highest BCUT2D eigenvalue weighted by atomic mass is 32.2. The van der Waals surface area contributed by atoms with Gasteiger partial charge < -0.3 is 5.11 Å². The molecular formula is C13H14N2O2S. The van der Waals surface area contributed by atoms with E-state index in [1.807, 2.05) is 43.7 Å². The van der Waals surface area contributed by atoms with Crippen LogP contribution >= 0.6 is 11.8 Å². The fraction of sp³-hybridized carbons (Fsp3) is 0.231. The van der Waals surface area contributed by atoms with Gasteiger partial charge in [0.25, 0.3) is 0 Å². The van der Waals surface area contributed by atoms with Gasteiger partial charge in [-0.15, -0.1) is 11.8 Å². The highest BCUT2D eigenvalue weighted by molar-refractivity contribution is 7.98. The number of carboxylic acids is 1. The van der Waals surface area contributed by atoms with Crippen molar-refractivity contribution in [3.05, 3.63) is 47.8 Å². The Hall–Kier alpha value is -1.75. The molecule has 0 saturated carbocycles. The second kappa shape index (κ2) is 5.73. The number of carbonyl (C=O) groups is 1. The zero-order valence-corrected chi connectivity index (χ0v) is 10.9. The van der Waals surface area contributed by atoms with Crippen molar-refractivity contribution in [3.63, 3.8) is 0 Å². The minimum atomic E-state index is -0.799. The van der Waals surface area contributed by atoms with E-state index in [-0.39, 0.29) is 6.42 Å². The summed E-state index contributed by atoms with van der Waals surface area (Å²) in [6.07, 6.45) is 3.89. The van der Waals surface area contributed by atoms with Gasteiger partial charge in [0.05, 0.1) is 12.6 Å². The molecule has 0 aliphatic rings. The van der Waals surface area contributed by atoms with Crippen LogP contribution < -0.4 is 0 Å². The second-order valence-electron chi connectivity index (χ2n) is 4.03. The molecule has 0 atom stereocenters. The van der Waals surface area contributed by atoms with Gasteiger partial charge in [-0.25, -0.2) is 0 Å². The number of rotatable bonds is 5. The zero-order valence-electron chi connectivity index (χ0n) is 10.0. The standard InChI is InChI=1S/C13H14N2O2S/c1-15-8-12(7-14-15)18-9-11-4-2-10(3-5-11)6-13(16)17/h2-5,7-8H,6,9H2,1H3,(H,16,17). The number of hydrogen-bond acceptors (Lipinski definition) is 3. The van der Waals surface area contributed by atoms with E-state index in [1.165, 1.54) is 5.56 Å². The molecule has 0 aliphatic carbocycles. The molecule has 0 saturated heterocycles. The van der Waals surface area contributed by atoms with Crippen LogP contribution in [0.1, 0.15) is 11.1 Å². The summed E-state index contributed by atoms with van der Waals surface area (Å²) < 4.78 is 1.78. The maximum atomic E-state index is 10.6. The van der Waals surface area contributed by atoms with E-state index in [2.05, 4.69) is 5.10 Å². The Morgan fingerprint density at radius 2 is 2.00 bits per heavy atom. The average molecular weight is 262 g/mol. The maximum Gasteiger partial charge on any atom is 0.307 e. The summed E-state index contributed by atoms with van der Waals surface area (Å²) >= 11 is 1.71. The van der Waals surface area contributed by atoms with Crippen LogP contribution in [0.2, 0.25) is 0 Å². The number of nitrogens with zero attached hydrogens (tertiary/aromatic N) is 2. The number of aliphatic carboxylic acids is 1. The average Bonchev–Trinajstić information content (AvgIpc) is 2.74. The molecule has 0 fully saturated rings. The summed E-state index contributed by atoms with van der Waals surface area (Å²) in [5, 5.41) is 12.8. The van der Waals surface area contributed by atoms with E-state index in [1.54, 1.807) is 16.4 Å². The van der Waals surface area contributed by atoms with Crippen LogP contribution in [0.25, 0.3) is 0 Å². The van der Waals surface area contributed by atoms with E-state index in [0.29, 0.717) is 0 Å². The molecular weight excluding hydrogens is 248 g/mol. The molecule has 0 aliphatic heterocycles. The first kappa shape index (κ1) is 12.7. The van der Waals surface area contributed by atoms with Crippen LogP contribution in [-0.4, -0.2) is 20.9 Å². The van der Waals surface area contributed by atoms with Crippen molar-refractivity contribution in [2.75, 3.05) is 0 Å². The third kappa shape index (κ3) is 3.63. The van der Waals surface area contributed by atoms with Gasteiger partial charge in [-0.2, -0.15) is 5.10 Å². The lowest BCUT2D eigenvalue weighted by Crippen LogP contribution is -1.99. The molecule has 2 rings (SSSR count). The fourth-order valence-electron chi connectivity index (χ4n) is 1.57. The fourth-order valence-corrected chi connectivity index (χ4v) is 2.44. The van der Waals surface area contributed by atoms with E-state index >= 15 is 0 Å². The third-order valence-electron chi connectivity index (χ3n) is 2.47. The van der Waals surface area contributed by atoms with Crippen molar-refractivity contribution in [2.45, 2.75) is 17.1 Å². The van der Waals surface area contributed by atoms with Crippen molar-refractivity contribution in [1.82, 2.24) is 9.78 Å². The molecule has 1 aromatic heterocycles. The lowest BCUT2D eigenvalue weighted by atomic mass is 10.1. The molecule has 1 N–H and O–H groups in total. The largest absolute Gasteiger partial charge is 0.481 e. The van der Waals surface area contributed by atoms with Gasteiger partial charge in [-0.3, -0.25) is 9.48 Å². The van der Waals surface area contributed by atoms with E-state index in [9.17, 15) is 4.79 Å². The summed E-state index contributed by atoms with van der Waals surface area (Å²) in [5.41, 5.74) is 2.01. The first-order valence-corrected chi connectivity index (χ1v) is 6.53. The van der Waals surface area contributed by atoms with Gasteiger partial charge >= 0.3 is 5.97 Å². The lowest BCUT2D eigenvalue weighted by molar-refractivity contribution is -0.136. The number of benzene rings is 1. The summed E-state index contributed by atoms with van der Waals surface area (Å²) in [6, 6.07) is 7.68. The summed E-state index contributed by atoms with van der Waals surface area (Å²) in [4.78, 5) is 11.7. The van der Waals surface area contributed by atoms with E-state index in [0.717, 1.165) is 16.2 Å². The Kier molecular flexibility index (Phi) is 4.04. The Morgan fingerprint density at radius 1 is 1.33 bits per heavy atom. The first-order chi connectivity index (χ1) is 8.63. The van der Waals surface area contributed by atoms with Crippen molar-refractivity contribution in [3.8, 4) is 0 Å². The Morgan fingerprint density at radius 3 is 2.56 bits per heavy atom. The molecule has 4 nitrogen and oxygen atoms in total. The quantitative estimate of drug-likeness (QED) is 0.840. The molecule has 2 aromatic rings. The van der Waals surface area contributed by atoms with Crippen molar-refractivity contribution < 1.29 is 9.90 Å². The number of thioether (sulfide) groups is 1. The van der Waals surface area contributed by atoms with Gasteiger partial charge in [0.1, 0.15) is 0 Å². The normalized spacial score (nSPS) is 10.5. The Labute approximate surface area is 110 Å². The second-order valence-corrected chi connectivity index (χ2v) is 5.07. The first-order valence-electron chi connectivity index (χ1n) is 5.54. The zero-order chi connectivity index (χ0) is 13.0. The van der Waals surface area contributed by atoms with Crippen LogP contribution in [0.15, 0.2) is 41.6 Å². The molecule has 1 heterocycles. The number of aryl methyl sites for hydroxylation is 1. The molecule has 0 unspecified atom stereocenters. The predicted octanol–water partition coefficient (Wildman–Crippen LogP) is 2.34. The summed E-state index contributed by atoms with van der Waals surface area (Å²) in [5.74, 6) is 0.0615. The number of carboxylic acid groups (broad SMARTS) is 1. The van der Waals surface area contributed by atoms with Crippen LogP contribution in [-0.2, 0) is 24.0 Å². The summed E-state index contributed by atoms with van der Waals surface area (Å²) in [6.45, 7) is 0. The maximum absolute atomic E-state index is 10.6. The lowest BCUT2D eigenvalue weighted by Gasteiger charge is -2.01. The molecule has 0 spiro atoms. The Balaban J connectivity index is 1.92. The summed E-state index contributed by atoms with van der Waals surface area (Å²) in [7, 11) is 1.89. The van der Waals surface area contributed by atoms with Crippen molar-refractivity contribution in [2.24, 2.45) is 7.05 Å². The molecule has 0 radical (unpaired) electrons. The van der Waals surface area contributed by atoms with Gasteiger partial charge in [0.15, 0.2) is 0 Å². The van der Waals surface area contributed by atoms with Crippen LogP contribution in [0.4, 0.5) is 0 Å². The number of hydrogen-bond donors (Lipinski definition) is 1. The minimum absolute atomic E-state index is 0.0794. The molecule has 0 amide bonds. The third-order valence-corrected chi connectivity index (χ3v) is 3.49. The van der Waals surface area contributed by atoms with Crippen LogP contribution in [0, 0.1) is 0 Å². The molecule has 1 aromatic carbocycles. The molecule has 5 heteroatoms. The SMILES string of the molecule is Cn1cc(SCc2ccc(CC(=O)O)cc2)cn1. The Bertz CT molecular complexity index is 534. The van der Waals surface area contributed by atoms with Gasteiger partial charge in [-0.1, -0.05) is 24.3 Å². The minimum Gasteiger partial charge on any atom is -0.481 e. The van der Waals surface area contributed by atoms with Crippen molar-refractivity contribution in [1.29, 1.82) is 0 Å².